The fraction of sp³-hybridized carbons (Fsp3) is 0.500. The summed E-state index contributed by atoms with van der Waals surface area (Å²) in [5.74, 6) is 1.57. The zero-order valence-electron chi connectivity index (χ0n) is 17.0. The van der Waals surface area contributed by atoms with E-state index in [0.717, 1.165) is 55.3 Å². The molecule has 4 rings (SSSR count). The van der Waals surface area contributed by atoms with E-state index in [9.17, 15) is 4.79 Å². The van der Waals surface area contributed by atoms with Gasteiger partial charge in [0.15, 0.2) is 0 Å². The highest BCUT2D eigenvalue weighted by molar-refractivity contribution is 5.94. The van der Waals surface area contributed by atoms with Crippen LogP contribution in [-0.2, 0) is 17.7 Å². The van der Waals surface area contributed by atoms with Gasteiger partial charge in [0.2, 0.25) is 5.95 Å². The number of carbonyl (C=O) groups excluding carboxylic acids is 1. The van der Waals surface area contributed by atoms with E-state index >= 15 is 0 Å². The third-order valence-electron chi connectivity index (χ3n) is 5.38. The maximum Gasteiger partial charge on any atom is 0.254 e. The maximum atomic E-state index is 13.0. The minimum Gasteiger partial charge on any atom is -0.494 e. The van der Waals surface area contributed by atoms with Crippen molar-refractivity contribution in [3.8, 4) is 5.75 Å². The lowest BCUT2D eigenvalue weighted by atomic mass is 10.1. The van der Waals surface area contributed by atoms with Crippen molar-refractivity contribution in [1.82, 2.24) is 14.9 Å². The Balaban J connectivity index is 1.42. The van der Waals surface area contributed by atoms with E-state index in [2.05, 4.69) is 16.8 Å². The van der Waals surface area contributed by atoms with Gasteiger partial charge in [-0.05, 0) is 42.7 Å². The van der Waals surface area contributed by atoms with Gasteiger partial charge in [-0.25, -0.2) is 9.97 Å². The van der Waals surface area contributed by atoms with Crippen molar-refractivity contribution < 1.29 is 14.3 Å². The van der Waals surface area contributed by atoms with Crippen LogP contribution in [0.25, 0.3) is 0 Å². The summed E-state index contributed by atoms with van der Waals surface area (Å²) in [5, 5.41) is 0. The number of carbonyl (C=O) groups is 1. The lowest BCUT2D eigenvalue weighted by Crippen LogP contribution is -2.39. The number of aromatic nitrogens is 2. The minimum atomic E-state index is 0.0299. The van der Waals surface area contributed by atoms with E-state index in [-0.39, 0.29) is 5.91 Å². The van der Waals surface area contributed by atoms with Crippen LogP contribution in [-0.4, -0.2) is 60.2 Å². The van der Waals surface area contributed by atoms with Crippen molar-refractivity contribution in [2.24, 2.45) is 0 Å². The molecule has 2 aromatic rings. The van der Waals surface area contributed by atoms with Crippen LogP contribution < -0.4 is 9.64 Å². The molecule has 0 atom stereocenters. The van der Waals surface area contributed by atoms with E-state index in [1.165, 1.54) is 0 Å². The summed E-state index contributed by atoms with van der Waals surface area (Å²) in [6, 6.07) is 7.44. The molecule has 0 N–H and O–H groups in total. The Labute approximate surface area is 171 Å². The van der Waals surface area contributed by atoms with Gasteiger partial charge < -0.3 is 19.3 Å². The van der Waals surface area contributed by atoms with Gasteiger partial charge in [0.1, 0.15) is 5.75 Å². The van der Waals surface area contributed by atoms with Crippen LogP contribution in [0.5, 0.6) is 5.75 Å². The molecule has 0 radical (unpaired) electrons. The second-order valence-corrected chi connectivity index (χ2v) is 7.44. The van der Waals surface area contributed by atoms with E-state index in [0.29, 0.717) is 38.5 Å². The number of anilines is 1. The first-order valence-electron chi connectivity index (χ1n) is 10.4. The number of hydrogen-bond donors (Lipinski definition) is 0. The number of rotatable bonds is 6. The van der Waals surface area contributed by atoms with Crippen LogP contribution in [0.2, 0.25) is 0 Å². The molecule has 0 spiro atoms. The SMILES string of the molecule is CCCCOc1ccc(C(=O)N2CCc3cnc(N4CCOCC4)nc3C2)cc1. The number of nitrogens with zero attached hydrogens (tertiary/aromatic N) is 4. The van der Waals surface area contributed by atoms with Gasteiger partial charge in [-0.15, -0.1) is 0 Å². The van der Waals surface area contributed by atoms with Crippen molar-refractivity contribution in [3.63, 3.8) is 0 Å². The number of morpholine rings is 1. The molecule has 2 aliphatic heterocycles. The number of hydrogen-bond acceptors (Lipinski definition) is 6. The minimum absolute atomic E-state index is 0.0299. The van der Waals surface area contributed by atoms with Crippen LogP contribution in [0.4, 0.5) is 5.95 Å². The molecule has 7 heteroatoms. The summed E-state index contributed by atoms with van der Waals surface area (Å²) in [6.07, 6.45) is 4.83. The predicted octanol–water partition coefficient (Wildman–Crippen LogP) is 2.69. The largest absolute Gasteiger partial charge is 0.494 e. The van der Waals surface area contributed by atoms with Crippen molar-refractivity contribution >= 4 is 11.9 Å². The van der Waals surface area contributed by atoms with E-state index in [1.54, 1.807) is 0 Å². The topological polar surface area (TPSA) is 67.8 Å². The highest BCUT2D eigenvalue weighted by Gasteiger charge is 2.24. The Kier molecular flexibility index (Phi) is 6.24. The number of fused-ring (bicyclic) bond motifs is 1. The quantitative estimate of drug-likeness (QED) is 0.700. The molecule has 3 heterocycles. The van der Waals surface area contributed by atoms with Gasteiger partial charge in [0, 0.05) is 31.4 Å². The Hall–Kier alpha value is -2.67. The molecule has 1 aromatic carbocycles. The highest BCUT2D eigenvalue weighted by Crippen LogP contribution is 2.22. The summed E-state index contributed by atoms with van der Waals surface area (Å²) in [6.45, 7) is 7.03. The van der Waals surface area contributed by atoms with Gasteiger partial charge in [0.25, 0.3) is 5.91 Å². The molecule has 0 saturated carbocycles. The third kappa shape index (κ3) is 4.67. The third-order valence-corrected chi connectivity index (χ3v) is 5.38. The van der Waals surface area contributed by atoms with Crippen LogP contribution in [0.1, 0.15) is 41.4 Å². The summed E-state index contributed by atoms with van der Waals surface area (Å²) >= 11 is 0. The lowest BCUT2D eigenvalue weighted by molar-refractivity contribution is 0.0731. The predicted molar refractivity (Wildman–Crippen MR) is 110 cm³/mol. The van der Waals surface area contributed by atoms with Crippen molar-refractivity contribution in [2.75, 3.05) is 44.4 Å². The molecular formula is C22H28N4O3. The molecule has 1 fully saturated rings. The monoisotopic (exact) mass is 396 g/mol. The van der Waals surface area contributed by atoms with Crippen molar-refractivity contribution in [2.45, 2.75) is 32.7 Å². The Morgan fingerprint density at radius 2 is 1.97 bits per heavy atom. The molecule has 0 aliphatic carbocycles. The van der Waals surface area contributed by atoms with Gasteiger partial charge in [-0.1, -0.05) is 13.3 Å². The van der Waals surface area contributed by atoms with Crippen LogP contribution >= 0.6 is 0 Å². The summed E-state index contributed by atoms with van der Waals surface area (Å²) in [5.41, 5.74) is 2.75. The normalized spacial score (nSPS) is 16.4. The number of unbranched alkanes of at least 4 members (excludes halogenated alkanes) is 1. The second-order valence-electron chi connectivity index (χ2n) is 7.44. The van der Waals surface area contributed by atoms with Gasteiger partial charge in [-0.3, -0.25) is 4.79 Å². The molecule has 29 heavy (non-hydrogen) atoms. The number of benzene rings is 1. The zero-order valence-corrected chi connectivity index (χ0v) is 17.0. The van der Waals surface area contributed by atoms with E-state index in [1.807, 2.05) is 35.4 Å². The molecule has 154 valence electrons. The highest BCUT2D eigenvalue weighted by atomic mass is 16.5. The Morgan fingerprint density at radius 1 is 1.17 bits per heavy atom. The first kappa shape index (κ1) is 19.6. The fourth-order valence-electron chi connectivity index (χ4n) is 3.59. The van der Waals surface area contributed by atoms with Crippen LogP contribution in [0.3, 0.4) is 0 Å². The molecule has 7 nitrogen and oxygen atoms in total. The molecule has 1 aromatic heterocycles. The van der Waals surface area contributed by atoms with E-state index in [4.69, 9.17) is 14.5 Å². The van der Waals surface area contributed by atoms with Gasteiger partial charge >= 0.3 is 0 Å². The number of ether oxygens (including phenoxy) is 2. The van der Waals surface area contributed by atoms with Crippen molar-refractivity contribution in [3.05, 3.63) is 47.3 Å². The summed E-state index contributed by atoms with van der Waals surface area (Å²) < 4.78 is 11.1. The van der Waals surface area contributed by atoms with Crippen LogP contribution in [0.15, 0.2) is 30.5 Å². The Morgan fingerprint density at radius 3 is 2.72 bits per heavy atom. The average Bonchev–Trinajstić information content (AvgIpc) is 2.79. The van der Waals surface area contributed by atoms with Crippen LogP contribution in [0, 0.1) is 0 Å². The number of amides is 1. The molecule has 2 aliphatic rings. The lowest BCUT2D eigenvalue weighted by Gasteiger charge is -2.30. The smallest absolute Gasteiger partial charge is 0.254 e. The fourth-order valence-corrected chi connectivity index (χ4v) is 3.59. The maximum absolute atomic E-state index is 13.0. The molecule has 0 bridgehead atoms. The first-order chi connectivity index (χ1) is 14.2. The summed E-state index contributed by atoms with van der Waals surface area (Å²) in [4.78, 5) is 26.3. The molecule has 0 unspecified atom stereocenters. The van der Waals surface area contributed by atoms with Gasteiger partial charge in [-0.2, -0.15) is 0 Å². The van der Waals surface area contributed by atoms with Crippen molar-refractivity contribution in [1.29, 1.82) is 0 Å². The Bertz CT molecular complexity index is 834. The summed E-state index contributed by atoms with van der Waals surface area (Å²) in [7, 11) is 0. The first-order valence-corrected chi connectivity index (χ1v) is 10.4. The molecule has 1 amide bonds. The van der Waals surface area contributed by atoms with Gasteiger partial charge in [0.05, 0.1) is 32.1 Å². The molecule has 1 saturated heterocycles. The average molecular weight is 396 g/mol. The molecular weight excluding hydrogens is 368 g/mol. The standard InChI is InChI=1S/C22H28N4O3/c1-2-3-12-29-19-6-4-17(5-7-19)21(27)26-9-8-18-15-23-22(24-20(18)16-26)25-10-13-28-14-11-25/h4-7,15H,2-3,8-14,16H2,1H3. The zero-order chi connectivity index (χ0) is 20.1. The van der Waals surface area contributed by atoms with E-state index < -0.39 is 0 Å². The second kappa shape index (κ2) is 9.22.